The first-order chi connectivity index (χ1) is 16.6. The summed E-state index contributed by atoms with van der Waals surface area (Å²) in [5.41, 5.74) is 1.93. The normalized spacial score (nSPS) is 15.2. The summed E-state index contributed by atoms with van der Waals surface area (Å²) in [6, 6.07) is 7.83. The molecule has 0 radical (unpaired) electrons. The Labute approximate surface area is 199 Å². The number of aryl methyl sites for hydroxylation is 1. The number of benzene rings is 1. The van der Waals surface area contributed by atoms with E-state index in [-0.39, 0.29) is 10.6 Å². The van der Waals surface area contributed by atoms with Crippen molar-refractivity contribution in [2.24, 2.45) is 0 Å². The minimum absolute atomic E-state index is 0.131. The number of anilines is 1. The molecule has 1 amide bonds. The fraction of sp³-hybridized carbons (Fsp3) is 0.292. The molecular weight excluding hydrogens is 457 g/mol. The van der Waals surface area contributed by atoms with E-state index in [2.05, 4.69) is 30.0 Å². The first-order valence-electron chi connectivity index (χ1n) is 11.3. The lowest BCUT2D eigenvalue weighted by Crippen LogP contribution is -2.16. The number of carbonyl (C=O) groups is 1. The van der Waals surface area contributed by atoms with Crippen LogP contribution in [-0.4, -0.2) is 35.2 Å². The summed E-state index contributed by atoms with van der Waals surface area (Å²) in [7, 11) is 0. The first-order valence-corrected chi connectivity index (χ1v) is 11.7. The van der Waals surface area contributed by atoms with Crippen molar-refractivity contribution in [2.75, 3.05) is 5.32 Å². The Hall–Kier alpha value is -3.59. The lowest BCUT2D eigenvalue weighted by molar-refractivity contribution is 0.102. The van der Waals surface area contributed by atoms with E-state index < -0.39 is 11.7 Å². The van der Waals surface area contributed by atoms with E-state index in [0.29, 0.717) is 28.9 Å². The Morgan fingerprint density at radius 2 is 2.06 bits per heavy atom. The summed E-state index contributed by atoms with van der Waals surface area (Å²) in [6.07, 6.45) is 8.79. The Morgan fingerprint density at radius 1 is 1.18 bits per heavy atom. The standard InChI is InChI=1S/C24H21ClFN7O/c25-16-11-17(26)15(10-20(16)32-12-19(27-13-32)14-7-8-14)24(34)29-21-5-3-4-18(28-21)23-31-30-22-6-1-2-9-33(22)23/h3-5,10-14H,1-2,6-9H2,(H,28,29,34). The summed E-state index contributed by atoms with van der Waals surface area (Å²) < 4.78 is 18.5. The molecule has 1 aliphatic heterocycles. The molecule has 10 heteroatoms. The van der Waals surface area contributed by atoms with Crippen LogP contribution in [0.4, 0.5) is 10.2 Å². The van der Waals surface area contributed by atoms with Gasteiger partial charge >= 0.3 is 0 Å². The van der Waals surface area contributed by atoms with Gasteiger partial charge in [0.25, 0.3) is 5.91 Å². The van der Waals surface area contributed by atoms with Crippen molar-refractivity contribution >= 4 is 23.3 Å². The van der Waals surface area contributed by atoms with Gasteiger partial charge in [-0.15, -0.1) is 10.2 Å². The Kier molecular flexibility index (Phi) is 5.13. The second-order valence-electron chi connectivity index (χ2n) is 8.67. The predicted molar refractivity (Wildman–Crippen MR) is 125 cm³/mol. The molecule has 0 saturated heterocycles. The van der Waals surface area contributed by atoms with E-state index in [9.17, 15) is 9.18 Å². The number of rotatable bonds is 5. The molecule has 0 unspecified atom stereocenters. The van der Waals surface area contributed by atoms with Crippen molar-refractivity contribution in [2.45, 2.75) is 44.6 Å². The maximum atomic E-state index is 14.7. The molecule has 8 nitrogen and oxygen atoms in total. The largest absolute Gasteiger partial charge is 0.310 e. The van der Waals surface area contributed by atoms with Crippen LogP contribution in [0.15, 0.2) is 42.9 Å². The van der Waals surface area contributed by atoms with Gasteiger partial charge in [0.2, 0.25) is 0 Å². The third-order valence-corrected chi connectivity index (χ3v) is 6.54. The summed E-state index contributed by atoms with van der Waals surface area (Å²) in [5.74, 6) is 1.04. The zero-order valence-corrected chi connectivity index (χ0v) is 19.0. The second kappa shape index (κ2) is 8.32. The highest BCUT2D eigenvalue weighted by atomic mass is 35.5. The van der Waals surface area contributed by atoms with Gasteiger partial charge in [-0.25, -0.2) is 14.4 Å². The Balaban J connectivity index is 1.27. The minimum atomic E-state index is -0.712. The highest BCUT2D eigenvalue weighted by Gasteiger charge is 2.26. The van der Waals surface area contributed by atoms with Gasteiger partial charge in [-0.1, -0.05) is 17.7 Å². The molecule has 0 bridgehead atoms. The molecule has 34 heavy (non-hydrogen) atoms. The maximum Gasteiger partial charge on any atom is 0.259 e. The van der Waals surface area contributed by atoms with Gasteiger partial charge in [0.1, 0.15) is 23.2 Å². The van der Waals surface area contributed by atoms with Gasteiger partial charge in [-0.05, 0) is 49.9 Å². The zero-order chi connectivity index (χ0) is 23.2. The number of hydrogen-bond acceptors (Lipinski definition) is 5. The topological polar surface area (TPSA) is 90.5 Å². The maximum absolute atomic E-state index is 14.7. The van der Waals surface area contributed by atoms with Crippen molar-refractivity contribution < 1.29 is 9.18 Å². The monoisotopic (exact) mass is 477 g/mol. The van der Waals surface area contributed by atoms with Gasteiger partial charge in [-0.2, -0.15) is 0 Å². The van der Waals surface area contributed by atoms with Crippen LogP contribution in [-0.2, 0) is 13.0 Å². The van der Waals surface area contributed by atoms with Gasteiger partial charge in [0.05, 0.1) is 28.3 Å². The summed E-state index contributed by atoms with van der Waals surface area (Å²) >= 11 is 6.29. The number of nitrogens with one attached hydrogen (secondary N) is 1. The molecule has 1 aliphatic carbocycles. The lowest BCUT2D eigenvalue weighted by atomic mass is 10.1. The van der Waals surface area contributed by atoms with Gasteiger partial charge in [0, 0.05) is 25.1 Å². The van der Waals surface area contributed by atoms with Crippen LogP contribution in [0.2, 0.25) is 5.02 Å². The average molecular weight is 478 g/mol. The third kappa shape index (κ3) is 3.86. The van der Waals surface area contributed by atoms with E-state index in [4.69, 9.17) is 11.6 Å². The number of imidazole rings is 1. The first kappa shape index (κ1) is 21.0. The molecule has 1 fully saturated rings. The number of nitrogens with zero attached hydrogens (tertiary/aromatic N) is 6. The minimum Gasteiger partial charge on any atom is -0.310 e. The van der Waals surface area contributed by atoms with Crippen molar-refractivity contribution in [1.29, 1.82) is 0 Å². The van der Waals surface area contributed by atoms with Crippen LogP contribution in [0.5, 0.6) is 0 Å². The Bertz CT molecular complexity index is 1410. The van der Waals surface area contributed by atoms with Crippen molar-refractivity contribution in [1.82, 2.24) is 29.3 Å². The predicted octanol–water partition coefficient (Wildman–Crippen LogP) is 4.78. The van der Waals surface area contributed by atoms with Crippen molar-refractivity contribution in [3.05, 3.63) is 70.8 Å². The molecule has 1 aromatic carbocycles. The molecule has 0 atom stereocenters. The number of pyridine rings is 1. The van der Waals surface area contributed by atoms with Crippen LogP contribution in [0.25, 0.3) is 17.2 Å². The van der Waals surface area contributed by atoms with E-state index in [1.54, 1.807) is 23.0 Å². The van der Waals surface area contributed by atoms with Crippen LogP contribution in [0.3, 0.4) is 0 Å². The molecule has 4 aromatic rings. The quantitative estimate of drug-likeness (QED) is 0.446. The highest BCUT2D eigenvalue weighted by Crippen LogP contribution is 2.39. The average Bonchev–Trinajstić information content (AvgIpc) is 3.41. The molecule has 1 N–H and O–H groups in total. The fourth-order valence-electron chi connectivity index (χ4n) is 4.28. The number of carbonyl (C=O) groups excluding carboxylic acids is 1. The zero-order valence-electron chi connectivity index (χ0n) is 18.2. The smallest absolute Gasteiger partial charge is 0.259 e. The number of aromatic nitrogens is 6. The van der Waals surface area contributed by atoms with Gasteiger partial charge in [-0.3, -0.25) is 4.79 Å². The summed E-state index contributed by atoms with van der Waals surface area (Å²) in [4.78, 5) is 21.9. The number of amides is 1. The lowest BCUT2D eigenvalue weighted by Gasteiger charge is -2.14. The Morgan fingerprint density at radius 3 is 2.91 bits per heavy atom. The molecule has 172 valence electrons. The molecule has 1 saturated carbocycles. The van der Waals surface area contributed by atoms with Crippen LogP contribution >= 0.6 is 11.6 Å². The second-order valence-corrected chi connectivity index (χ2v) is 9.08. The van der Waals surface area contributed by atoms with Crippen LogP contribution < -0.4 is 5.32 Å². The van der Waals surface area contributed by atoms with Crippen molar-refractivity contribution in [3.63, 3.8) is 0 Å². The molecule has 6 rings (SSSR count). The number of fused-ring (bicyclic) bond motifs is 1. The molecule has 2 aliphatic rings. The van der Waals surface area contributed by atoms with E-state index in [1.807, 2.05) is 12.3 Å². The van der Waals surface area contributed by atoms with E-state index in [0.717, 1.165) is 56.2 Å². The van der Waals surface area contributed by atoms with Gasteiger partial charge in [0.15, 0.2) is 5.82 Å². The third-order valence-electron chi connectivity index (χ3n) is 6.24. The fourth-order valence-corrected chi connectivity index (χ4v) is 4.53. The molecule has 4 heterocycles. The highest BCUT2D eigenvalue weighted by molar-refractivity contribution is 6.32. The molecule has 3 aromatic heterocycles. The molecular formula is C24H21ClFN7O. The van der Waals surface area contributed by atoms with Crippen LogP contribution in [0, 0.1) is 5.82 Å². The molecule has 0 spiro atoms. The van der Waals surface area contributed by atoms with Gasteiger partial charge < -0.3 is 14.5 Å². The SMILES string of the molecule is O=C(Nc1cccc(-c2nnc3n2CCCC3)n1)c1cc(-n2cnc(C3CC3)c2)c(Cl)cc1F. The number of halogens is 2. The van der Waals surface area contributed by atoms with E-state index >= 15 is 0 Å². The van der Waals surface area contributed by atoms with Crippen molar-refractivity contribution in [3.8, 4) is 17.2 Å². The number of hydrogen-bond donors (Lipinski definition) is 1. The van der Waals surface area contributed by atoms with Crippen LogP contribution in [0.1, 0.15) is 53.5 Å². The summed E-state index contributed by atoms with van der Waals surface area (Å²) in [5, 5.41) is 11.4. The van der Waals surface area contributed by atoms with E-state index in [1.165, 1.54) is 6.07 Å². The summed E-state index contributed by atoms with van der Waals surface area (Å²) in [6.45, 7) is 0.839.